The number of rotatable bonds is 6. The molecule has 8 nitrogen and oxygen atoms in total. The highest BCUT2D eigenvalue weighted by Gasteiger charge is 2.16. The normalized spacial score (nSPS) is 10.7. The van der Waals surface area contributed by atoms with Crippen LogP contribution >= 0.6 is 0 Å². The average Bonchev–Trinajstić information content (AvgIpc) is 3.40. The van der Waals surface area contributed by atoms with Gasteiger partial charge in [0.05, 0.1) is 0 Å². The number of imidazole rings is 1. The third-order valence-electron chi connectivity index (χ3n) is 4.99. The Bertz CT molecular complexity index is 1250. The van der Waals surface area contributed by atoms with Crippen molar-refractivity contribution in [2.24, 2.45) is 7.05 Å². The molecular weight excluding hydrogens is 394 g/mol. The molecule has 0 aliphatic rings. The van der Waals surface area contributed by atoms with E-state index < -0.39 is 11.8 Å². The van der Waals surface area contributed by atoms with Gasteiger partial charge in [-0.2, -0.15) is 0 Å². The van der Waals surface area contributed by atoms with Crippen molar-refractivity contribution in [1.82, 2.24) is 19.9 Å². The molecule has 4 aromatic rings. The van der Waals surface area contributed by atoms with Crippen LogP contribution in [0.3, 0.4) is 0 Å². The number of benzene rings is 2. The van der Waals surface area contributed by atoms with Crippen LogP contribution in [0.15, 0.2) is 67.1 Å². The zero-order chi connectivity index (χ0) is 21.8. The van der Waals surface area contributed by atoms with Crippen LogP contribution in [-0.2, 0) is 23.1 Å². The summed E-state index contributed by atoms with van der Waals surface area (Å²) in [7, 11) is 1.74. The van der Waals surface area contributed by atoms with Crippen molar-refractivity contribution in [2.75, 3.05) is 11.9 Å². The predicted molar refractivity (Wildman–Crippen MR) is 117 cm³/mol. The van der Waals surface area contributed by atoms with Crippen molar-refractivity contribution < 1.29 is 14.4 Å². The van der Waals surface area contributed by atoms with Gasteiger partial charge in [-0.15, -0.1) is 0 Å². The van der Waals surface area contributed by atoms with Gasteiger partial charge >= 0.3 is 11.8 Å². The van der Waals surface area contributed by atoms with Gasteiger partial charge in [-0.3, -0.25) is 14.4 Å². The van der Waals surface area contributed by atoms with Gasteiger partial charge in [0.2, 0.25) is 5.78 Å². The van der Waals surface area contributed by atoms with E-state index >= 15 is 0 Å². The number of aromatic nitrogens is 3. The summed E-state index contributed by atoms with van der Waals surface area (Å²) in [5.74, 6) is -1.37. The molecule has 0 atom stereocenters. The summed E-state index contributed by atoms with van der Waals surface area (Å²) in [5, 5.41) is 6.27. The van der Waals surface area contributed by atoms with Crippen LogP contribution in [0.25, 0.3) is 10.9 Å². The Kier molecular flexibility index (Phi) is 5.61. The zero-order valence-corrected chi connectivity index (χ0v) is 16.9. The maximum absolute atomic E-state index is 12.4. The molecule has 0 fully saturated rings. The molecule has 0 bridgehead atoms. The Morgan fingerprint density at radius 2 is 1.81 bits per heavy atom. The molecule has 2 heterocycles. The SMILES string of the molecule is Cn1ccnc1C(=O)c1ccc(NC(=O)C(=O)NCCc2c[nH]c3ccccc23)cc1. The first kappa shape index (κ1) is 20.1. The Morgan fingerprint density at radius 1 is 1.03 bits per heavy atom. The molecule has 0 radical (unpaired) electrons. The molecule has 0 unspecified atom stereocenters. The van der Waals surface area contributed by atoms with Crippen LogP contribution in [0, 0.1) is 0 Å². The second-order valence-corrected chi connectivity index (χ2v) is 7.09. The highest BCUT2D eigenvalue weighted by molar-refractivity contribution is 6.39. The van der Waals surface area contributed by atoms with Crippen LogP contribution in [-0.4, -0.2) is 38.7 Å². The van der Waals surface area contributed by atoms with Crippen molar-refractivity contribution in [1.29, 1.82) is 0 Å². The fraction of sp³-hybridized carbons (Fsp3) is 0.130. The fourth-order valence-corrected chi connectivity index (χ4v) is 3.34. The lowest BCUT2D eigenvalue weighted by Gasteiger charge is -2.07. The number of H-pyrrole nitrogens is 1. The van der Waals surface area contributed by atoms with Crippen LogP contribution in [0.2, 0.25) is 0 Å². The van der Waals surface area contributed by atoms with Gasteiger partial charge in [-0.25, -0.2) is 4.98 Å². The Hall–Kier alpha value is -4.20. The molecular formula is C23H21N5O3. The third kappa shape index (κ3) is 4.37. The van der Waals surface area contributed by atoms with Gasteiger partial charge in [0.15, 0.2) is 5.82 Å². The number of carbonyl (C=O) groups is 3. The summed E-state index contributed by atoms with van der Waals surface area (Å²) >= 11 is 0. The Labute approximate surface area is 178 Å². The lowest BCUT2D eigenvalue weighted by molar-refractivity contribution is -0.136. The molecule has 0 spiro atoms. The Morgan fingerprint density at radius 3 is 2.55 bits per heavy atom. The number of hydrogen-bond acceptors (Lipinski definition) is 4. The highest BCUT2D eigenvalue weighted by atomic mass is 16.2. The quantitative estimate of drug-likeness (QED) is 0.332. The largest absolute Gasteiger partial charge is 0.361 e. The maximum atomic E-state index is 12.4. The van der Waals surface area contributed by atoms with Gasteiger partial charge in [0.25, 0.3) is 0 Å². The second-order valence-electron chi connectivity index (χ2n) is 7.09. The van der Waals surface area contributed by atoms with Gasteiger partial charge in [0.1, 0.15) is 0 Å². The first-order valence-electron chi connectivity index (χ1n) is 9.79. The molecule has 0 saturated heterocycles. The number of anilines is 1. The second kappa shape index (κ2) is 8.66. The van der Waals surface area contributed by atoms with Crippen molar-refractivity contribution in [3.63, 3.8) is 0 Å². The van der Waals surface area contributed by atoms with E-state index in [0.29, 0.717) is 30.0 Å². The molecule has 0 aliphatic carbocycles. The molecule has 2 aromatic heterocycles. The molecule has 4 rings (SSSR count). The molecule has 31 heavy (non-hydrogen) atoms. The van der Waals surface area contributed by atoms with E-state index in [9.17, 15) is 14.4 Å². The molecule has 8 heteroatoms. The van der Waals surface area contributed by atoms with Crippen LogP contribution in [0.5, 0.6) is 0 Å². The summed E-state index contributed by atoms with van der Waals surface area (Å²) in [6.07, 6.45) is 5.76. The van der Waals surface area contributed by atoms with Crippen molar-refractivity contribution in [3.05, 3.63) is 84.1 Å². The molecule has 2 aromatic carbocycles. The standard InChI is InChI=1S/C23H21N5O3/c1-28-13-12-24-21(28)20(29)15-6-8-17(9-7-15)27-23(31)22(30)25-11-10-16-14-26-19-5-3-2-4-18(16)19/h2-9,12-14,26H,10-11H2,1H3,(H,25,30)(H,27,31). The molecule has 0 saturated carbocycles. The number of hydrogen-bond donors (Lipinski definition) is 3. The van der Waals surface area contributed by atoms with Gasteiger partial charge < -0.3 is 20.2 Å². The minimum atomic E-state index is -0.762. The minimum absolute atomic E-state index is 0.222. The fourth-order valence-electron chi connectivity index (χ4n) is 3.34. The van der Waals surface area contributed by atoms with Crippen molar-refractivity contribution in [3.8, 4) is 0 Å². The summed E-state index contributed by atoms with van der Waals surface area (Å²) in [6, 6.07) is 14.2. The monoisotopic (exact) mass is 415 g/mol. The van der Waals surface area contributed by atoms with Crippen molar-refractivity contribution in [2.45, 2.75) is 6.42 Å². The third-order valence-corrected chi connectivity index (χ3v) is 4.99. The summed E-state index contributed by atoms with van der Waals surface area (Å²) < 4.78 is 1.64. The Balaban J connectivity index is 1.30. The van der Waals surface area contributed by atoms with Crippen LogP contribution in [0.4, 0.5) is 5.69 Å². The number of nitrogens with one attached hydrogen (secondary N) is 3. The van der Waals surface area contributed by atoms with E-state index in [1.165, 1.54) is 0 Å². The molecule has 0 aliphatic heterocycles. The number of aromatic amines is 1. The number of ketones is 1. The van der Waals surface area contributed by atoms with E-state index in [0.717, 1.165) is 16.5 Å². The predicted octanol–water partition coefficient (Wildman–Crippen LogP) is 2.43. The first-order chi connectivity index (χ1) is 15.0. The van der Waals surface area contributed by atoms with Gasteiger partial charge in [-0.1, -0.05) is 18.2 Å². The lowest BCUT2D eigenvalue weighted by Crippen LogP contribution is -2.36. The van der Waals surface area contributed by atoms with E-state index in [2.05, 4.69) is 20.6 Å². The topological polar surface area (TPSA) is 109 Å². The number of aryl methyl sites for hydroxylation is 1. The van der Waals surface area contributed by atoms with E-state index in [4.69, 9.17) is 0 Å². The van der Waals surface area contributed by atoms with E-state index in [1.807, 2.05) is 30.5 Å². The first-order valence-corrected chi connectivity index (χ1v) is 9.79. The number of fused-ring (bicyclic) bond motifs is 1. The smallest absolute Gasteiger partial charge is 0.313 e. The summed E-state index contributed by atoms with van der Waals surface area (Å²) in [6.45, 7) is 0.338. The zero-order valence-electron chi connectivity index (χ0n) is 16.9. The number of nitrogens with zero attached hydrogens (tertiary/aromatic N) is 2. The average molecular weight is 415 g/mol. The highest BCUT2D eigenvalue weighted by Crippen LogP contribution is 2.17. The van der Waals surface area contributed by atoms with E-state index in [-0.39, 0.29) is 5.78 Å². The number of amides is 2. The minimum Gasteiger partial charge on any atom is -0.361 e. The van der Waals surface area contributed by atoms with Gasteiger partial charge in [0, 0.05) is 54.3 Å². The lowest BCUT2D eigenvalue weighted by atomic mass is 10.1. The number of para-hydroxylation sites is 1. The summed E-state index contributed by atoms with van der Waals surface area (Å²) in [5.41, 5.74) is 2.97. The van der Waals surface area contributed by atoms with E-state index in [1.54, 1.807) is 48.3 Å². The number of carbonyl (C=O) groups excluding carboxylic acids is 3. The van der Waals surface area contributed by atoms with Crippen molar-refractivity contribution >= 4 is 34.2 Å². The maximum Gasteiger partial charge on any atom is 0.313 e. The van der Waals surface area contributed by atoms with Crippen LogP contribution < -0.4 is 10.6 Å². The van der Waals surface area contributed by atoms with Crippen LogP contribution in [0.1, 0.15) is 21.7 Å². The summed E-state index contributed by atoms with van der Waals surface area (Å²) in [4.78, 5) is 43.9. The molecule has 3 N–H and O–H groups in total. The molecule has 156 valence electrons. The molecule has 2 amide bonds. The van der Waals surface area contributed by atoms with Gasteiger partial charge in [-0.05, 0) is 42.3 Å².